The van der Waals surface area contributed by atoms with Gasteiger partial charge >= 0.3 is 5.97 Å². The topological polar surface area (TPSA) is 64.4 Å². The second-order valence-electron chi connectivity index (χ2n) is 6.34. The lowest BCUT2D eigenvalue weighted by Gasteiger charge is -2.23. The number of rotatable bonds is 7. The Balaban J connectivity index is 2.96. The average molecular weight is 356 g/mol. The zero-order chi connectivity index (χ0) is 18.4. The molecular formula is C17H26ClN3O3. The highest BCUT2D eigenvalue weighted by molar-refractivity contribution is 6.31. The lowest BCUT2D eigenvalue weighted by atomic mass is 10.2. The van der Waals surface area contributed by atoms with Crippen molar-refractivity contribution in [1.82, 2.24) is 14.7 Å². The van der Waals surface area contributed by atoms with Gasteiger partial charge in [0.15, 0.2) is 0 Å². The van der Waals surface area contributed by atoms with Crippen molar-refractivity contribution in [1.29, 1.82) is 0 Å². The Labute approximate surface area is 148 Å². The molecule has 1 amide bonds. The Hall–Kier alpha value is -1.82. The number of aryl methyl sites for hydroxylation is 1. The van der Waals surface area contributed by atoms with Crippen LogP contribution in [0.2, 0.25) is 5.15 Å². The number of ether oxygens (including phenoxy) is 1. The molecule has 0 spiro atoms. The predicted octanol–water partition coefficient (Wildman–Crippen LogP) is 2.92. The molecule has 134 valence electrons. The molecule has 0 N–H and O–H groups in total. The third kappa shape index (κ3) is 5.37. The molecule has 1 heterocycles. The van der Waals surface area contributed by atoms with Crippen LogP contribution in [0.5, 0.6) is 0 Å². The number of nitrogens with zero attached hydrogens (tertiary/aromatic N) is 3. The fourth-order valence-electron chi connectivity index (χ4n) is 2.19. The van der Waals surface area contributed by atoms with Gasteiger partial charge in [0.05, 0.1) is 12.8 Å². The molecule has 24 heavy (non-hydrogen) atoms. The van der Waals surface area contributed by atoms with Crippen molar-refractivity contribution in [3.05, 3.63) is 22.5 Å². The summed E-state index contributed by atoms with van der Waals surface area (Å²) in [7, 11) is 1.30. The van der Waals surface area contributed by atoms with E-state index in [1.54, 1.807) is 10.8 Å². The molecule has 0 aliphatic carbocycles. The van der Waals surface area contributed by atoms with Gasteiger partial charge in [0, 0.05) is 24.2 Å². The molecule has 1 aromatic rings. The minimum absolute atomic E-state index is 0.0866. The number of carbonyl (C=O) groups excluding carboxylic acids is 2. The summed E-state index contributed by atoms with van der Waals surface area (Å²) in [6.07, 6.45) is 3.06. The zero-order valence-corrected chi connectivity index (χ0v) is 15.9. The third-order valence-electron chi connectivity index (χ3n) is 3.47. The SMILES string of the molecule is COC(=O)CN(C(=O)C=Cc1c(C)nn(CC(C)C)c1Cl)C(C)C. The van der Waals surface area contributed by atoms with Gasteiger partial charge in [-0.2, -0.15) is 5.10 Å². The molecule has 0 atom stereocenters. The van der Waals surface area contributed by atoms with Crippen molar-refractivity contribution >= 4 is 29.6 Å². The molecule has 0 aromatic carbocycles. The number of halogens is 1. The molecule has 0 saturated heterocycles. The first-order chi connectivity index (χ1) is 11.2. The van der Waals surface area contributed by atoms with Gasteiger partial charge in [0.25, 0.3) is 0 Å². The molecule has 7 heteroatoms. The van der Waals surface area contributed by atoms with Gasteiger partial charge < -0.3 is 9.64 Å². The largest absolute Gasteiger partial charge is 0.468 e. The molecule has 0 aliphatic rings. The number of esters is 1. The summed E-state index contributed by atoms with van der Waals surface area (Å²) in [5, 5.41) is 4.91. The summed E-state index contributed by atoms with van der Waals surface area (Å²) in [5.41, 5.74) is 1.47. The molecule has 0 aliphatic heterocycles. The standard InChI is InChI=1S/C17H26ClN3O3/c1-11(2)9-21-17(18)14(13(5)19-21)7-8-15(22)20(12(3)4)10-16(23)24-6/h7-8,11-12H,9-10H2,1-6H3. The maximum Gasteiger partial charge on any atom is 0.325 e. The molecule has 0 saturated carbocycles. The van der Waals surface area contributed by atoms with Gasteiger partial charge in [-0.1, -0.05) is 25.4 Å². The van der Waals surface area contributed by atoms with Gasteiger partial charge in [-0.3, -0.25) is 14.3 Å². The maximum absolute atomic E-state index is 12.4. The van der Waals surface area contributed by atoms with E-state index in [2.05, 4.69) is 23.7 Å². The number of methoxy groups -OCH3 is 1. The van der Waals surface area contributed by atoms with E-state index in [1.807, 2.05) is 20.8 Å². The van der Waals surface area contributed by atoms with Crippen molar-refractivity contribution in [3.8, 4) is 0 Å². The van der Waals surface area contributed by atoms with Crippen LogP contribution in [0.1, 0.15) is 39.0 Å². The maximum atomic E-state index is 12.4. The van der Waals surface area contributed by atoms with Gasteiger partial charge in [0.1, 0.15) is 11.7 Å². The van der Waals surface area contributed by atoms with E-state index in [0.717, 1.165) is 5.69 Å². The monoisotopic (exact) mass is 355 g/mol. The quantitative estimate of drug-likeness (QED) is 0.557. The van der Waals surface area contributed by atoms with Crippen LogP contribution in [0, 0.1) is 12.8 Å². The van der Waals surface area contributed by atoms with Crippen molar-refractivity contribution in [2.24, 2.45) is 5.92 Å². The van der Waals surface area contributed by atoms with E-state index in [0.29, 0.717) is 23.2 Å². The van der Waals surface area contributed by atoms with Crippen LogP contribution in [-0.2, 0) is 20.9 Å². The molecule has 1 aromatic heterocycles. The van der Waals surface area contributed by atoms with Crippen molar-refractivity contribution in [3.63, 3.8) is 0 Å². The zero-order valence-electron chi connectivity index (χ0n) is 15.2. The normalized spacial score (nSPS) is 11.5. The predicted molar refractivity (Wildman–Crippen MR) is 94.7 cm³/mol. The Morgan fingerprint density at radius 2 is 1.96 bits per heavy atom. The average Bonchev–Trinajstić information content (AvgIpc) is 2.75. The van der Waals surface area contributed by atoms with Crippen molar-refractivity contribution < 1.29 is 14.3 Å². The Kier molecular flexibility index (Phi) is 7.48. The summed E-state index contributed by atoms with van der Waals surface area (Å²) < 4.78 is 6.37. The number of aromatic nitrogens is 2. The molecular weight excluding hydrogens is 330 g/mol. The molecule has 6 nitrogen and oxygen atoms in total. The van der Waals surface area contributed by atoms with Crippen LogP contribution in [0.4, 0.5) is 0 Å². The van der Waals surface area contributed by atoms with Crippen LogP contribution in [0.25, 0.3) is 6.08 Å². The summed E-state index contributed by atoms with van der Waals surface area (Å²) >= 11 is 6.36. The Bertz CT molecular complexity index is 621. The molecule has 0 fully saturated rings. The summed E-state index contributed by atoms with van der Waals surface area (Å²) in [6.45, 7) is 10.3. The van der Waals surface area contributed by atoms with E-state index in [-0.39, 0.29) is 18.5 Å². The molecule has 0 bridgehead atoms. The van der Waals surface area contributed by atoms with Crippen LogP contribution < -0.4 is 0 Å². The molecule has 0 unspecified atom stereocenters. The smallest absolute Gasteiger partial charge is 0.325 e. The first kappa shape index (κ1) is 20.2. The van der Waals surface area contributed by atoms with E-state index < -0.39 is 5.97 Å². The summed E-state index contributed by atoms with van der Waals surface area (Å²) in [5.74, 6) is -0.316. The van der Waals surface area contributed by atoms with Crippen molar-refractivity contribution in [2.75, 3.05) is 13.7 Å². The highest BCUT2D eigenvalue weighted by Gasteiger charge is 2.19. The van der Waals surface area contributed by atoms with Gasteiger partial charge in [-0.25, -0.2) is 0 Å². The lowest BCUT2D eigenvalue weighted by Crippen LogP contribution is -2.40. The first-order valence-electron chi connectivity index (χ1n) is 7.95. The minimum atomic E-state index is -0.454. The summed E-state index contributed by atoms with van der Waals surface area (Å²) in [4.78, 5) is 25.3. The van der Waals surface area contributed by atoms with Crippen LogP contribution in [-0.4, -0.2) is 46.3 Å². The number of amides is 1. The number of carbonyl (C=O) groups is 2. The highest BCUT2D eigenvalue weighted by Crippen LogP contribution is 2.22. The van der Waals surface area contributed by atoms with Crippen LogP contribution >= 0.6 is 11.6 Å². The Morgan fingerprint density at radius 3 is 2.46 bits per heavy atom. The number of hydrogen-bond donors (Lipinski definition) is 0. The van der Waals surface area contributed by atoms with Crippen molar-refractivity contribution in [2.45, 2.75) is 47.2 Å². The first-order valence-corrected chi connectivity index (χ1v) is 8.33. The van der Waals surface area contributed by atoms with E-state index in [1.165, 1.54) is 18.1 Å². The Morgan fingerprint density at radius 1 is 1.33 bits per heavy atom. The minimum Gasteiger partial charge on any atom is -0.468 e. The van der Waals surface area contributed by atoms with Gasteiger partial charge in [0.2, 0.25) is 5.91 Å². The second kappa shape index (κ2) is 8.87. The fraction of sp³-hybridized carbons (Fsp3) is 0.588. The van der Waals surface area contributed by atoms with E-state index in [9.17, 15) is 9.59 Å². The fourth-order valence-corrected chi connectivity index (χ4v) is 2.50. The number of hydrogen-bond acceptors (Lipinski definition) is 4. The van der Waals surface area contributed by atoms with Crippen LogP contribution in [0.15, 0.2) is 6.08 Å². The van der Waals surface area contributed by atoms with Crippen LogP contribution in [0.3, 0.4) is 0 Å². The summed E-state index contributed by atoms with van der Waals surface area (Å²) in [6, 6.07) is -0.124. The highest BCUT2D eigenvalue weighted by atomic mass is 35.5. The lowest BCUT2D eigenvalue weighted by molar-refractivity contribution is -0.146. The second-order valence-corrected chi connectivity index (χ2v) is 6.69. The third-order valence-corrected chi connectivity index (χ3v) is 3.87. The van der Waals surface area contributed by atoms with Gasteiger partial charge in [-0.15, -0.1) is 0 Å². The van der Waals surface area contributed by atoms with Gasteiger partial charge in [-0.05, 0) is 32.8 Å². The molecule has 0 radical (unpaired) electrons. The van der Waals surface area contributed by atoms with E-state index >= 15 is 0 Å². The molecule has 1 rings (SSSR count). The van der Waals surface area contributed by atoms with E-state index in [4.69, 9.17) is 11.6 Å².